The van der Waals surface area contributed by atoms with E-state index in [-0.39, 0.29) is 17.9 Å². The molecule has 0 aromatic heterocycles. The average Bonchev–Trinajstić information content (AvgIpc) is 2.58. The summed E-state index contributed by atoms with van der Waals surface area (Å²) in [4.78, 5) is 0. The minimum Gasteiger partial charge on any atom is -1.00 e. The molecule has 1 N–H and O–H groups in total. The monoisotopic (exact) mass is 362 g/mol. The van der Waals surface area contributed by atoms with E-state index >= 15 is 0 Å². The van der Waals surface area contributed by atoms with Crippen LogP contribution >= 0.6 is 0 Å². The second-order valence-electron chi connectivity index (χ2n) is 7.01. The molecule has 5 heteroatoms. The van der Waals surface area contributed by atoms with Crippen LogP contribution in [0.2, 0.25) is 0 Å². The molecule has 1 aliphatic heterocycles. The van der Waals surface area contributed by atoms with Crippen LogP contribution in [0, 0.1) is 0 Å². The fourth-order valence-electron chi connectivity index (χ4n) is 2.41. The molecule has 2 aromatic rings. The Morgan fingerprint density at radius 2 is 1.56 bits per heavy atom. The number of nitrogens with one attached hydrogen (secondary N) is 1. The van der Waals surface area contributed by atoms with E-state index in [2.05, 4.69) is 38.2 Å². The van der Waals surface area contributed by atoms with Crippen LogP contribution in [0.3, 0.4) is 0 Å². The quantitative estimate of drug-likeness (QED) is 0.859. The van der Waals surface area contributed by atoms with Crippen molar-refractivity contribution in [2.24, 2.45) is 0 Å². The minimum atomic E-state index is 0. The topological polar surface area (TPSA) is 39.7 Å². The minimum absolute atomic E-state index is 0. The molecule has 0 unspecified atom stereocenters. The van der Waals surface area contributed by atoms with Gasteiger partial charge in [-0.25, -0.2) is 0 Å². The first-order chi connectivity index (χ1) is 11.5. The van der Waals surface area contributed by atoms with Crippen molar-refractivity contribution >= 4 is 0 Å². The number of fused-ring (bicyclic) bond motifs is 1. The highest BCUT2D eigenvalue weighted by Crippen LogP contribution is 2.31. The highest BCUT2D eigenvalue weighted by molar-refractivity contribution is 5.43. The zero-order chi connectivity index (χ0) is 17.0. The Hall–Kier alpha value is -1.91. The molecule has 0 bridgehead atoms. The third kappa shape index (κ3) is 5.83. The summed E-state index contributed by atoms with van der Waals surface area (Å²) >= 11 is 0. The first-order valence-corrected chi connectivity index (χ1v) is 8.35. The fourth-order valence-corrected chi connectivity index (χ4v) is 2.41. The molecule has 0 aliphatic carbocycles. The van der Waals surface area contributed by atoms with E-state index < -0.39 is 0 Å². The van der Waals surface area contributed by atoms with Crippen LogP contribution in [-0.4, -0.2) is 18.8 Å². The summed E-state index contributed by atoms with van der Waals surface area (Å²) in [5, 5.41) is 3.48. The molecule has 0 saturated carbocycles. The second kappa shape index (κ2) is 8.45. The molecular formula is C20H25ClNO3-. The van der Waals surface area contributed by atoms with Gasteiger partial charge in [0.05, 0.1) is 0 Å². The molecule has 1 aliphatic rings. The lowest BCUT2D eigenvalue weighted by Gasteiger charge is -2.20. The van der Waals surface area contributed by atoms with Crippen molar-refractivity contribution in [3.8, 4) is 17.2 Å². The van der Waals surface area contributed by atoms with Crippen molar-refractivity contribution in [3.05, 3.63) is 53.6 Å². The van der Waals surface area contributed by atoms with E-state index in [1.165, 1.54) is 5.56 Å². The Morgan fingerprint density at radius 3 is 2.24 bits per heavy atom. The Bertz CT molecular complexity index is 680. The Morgan fingerprint density at radius 1 is 0.920 bits per heavy atom. The molecule has 0 saturated heterocycles. The third-order valence-electron chi connectivity index (χ3n) is 3.76. The Labute approximate surface area is 155 Å². The SMILES string of the molecule is CC(C)(C)NCc1ccc(OCc2ccc3c(c2)OCCO3)cc1.[Cl-]. The molecular weight excluding hydrogens is 338 g/mol. The summed E-state index contributed by atoms with van der Waals surface area (Å²) in [6.45, 7) is 9.07. The molecule has 25 heavy (non-hydrogen) atoms. The van der Waals surface area contributed by atoms with Gasteiger partial charge >= 0.3 is 0 Å². The van der Waals surface area contributed by atoms with Crippen LogP contribution in [-0.2, 0) is 13.2 Å². The summed E-state index contributed by atoms with van der Waals surface area (Å²) in [6.07, 6.45) is 0. The molecule has 0 amide bonds. The molecule has 0 spiro atoms. The lowest BCUT2D eigenvalue weighted by atomic mass is 10.1. The second-order valence-corrected chi connectivity index (χ2v) is 7.01. The van der Waals surface area contributed by atoms with Gasteiger partial charge in [-0.15, -0.1) is 0 Å². The van der Waals surface area contributed by atoms with Gasteiger partial charge in [0.1, 0.15) is 25.6 Å². The summed E-state index contributed by atoms with van der Waals surface area (Å²) in [5.41, 5.74) is 2.43. The van der Waals surface area contributed by atoms with Gasteiger partial charge in [0, 0.05) is 12.1 Å². The smallest absolute Gasteiger partial charge is 0.161 e. The van der Waals surface area contributed by atoms with Crippen LogP contribution in [0.5, 0.6) is 17.2 Å². The first kappa shape index (κ1) is 19.4. The van der Waals surface area contributed by atoms with Gasteiger partial charge in [-0.1, -0.05) is 18.2 Å². The van der Waals surface area contributed by atoms with Crippen LogP contribution in [0.25, 0.3) is 0 Å². The zero-order valence-corrected chi connectivity index (χ0v) is 15.7. The lowest BCUT2D eigenvalue weighted by Crippen LogP contribution is -3.00. The Kier molecular flexibility index (Phi) is 6.57. The van der Waals surface area contributed by atoms with Crippen molar-refractivity contribution < 1.29 is 26.6 Å². The summed E-state index contributed by atoms with van der Waals surface area (Å²) < 4.78 is 17.0. The van der Waals surface area contributed by atoms with E-state index in [4.69, 9.17) is 14.2 Å². The van der Waals surface area contributed by atoms with Crippen LogP contribution < -0.4 is 31.9 Å². The van der Waals surface area contributed by atoms with Gasteiger partial charge < -0.3 is 31.9 Å². The maximum absolute atomic E-state index is 5.87. The summed E-state index contributed by atoms with van der Waals surface area (Å²) in [5.74, 6) is 2.47. The maximum atomic E-state index is 5.87. The molecule has 2 aromatic carbocycles. The molecule has 0 fully saturated rings. The van der Waals surface area contributed by atoms with Crippen molar-refractivity contribution in [1.82, 2.24) is 5.32 Å². The average molecular weight is 363 g/mol. The van der Waals surface area contributed by atoms with Crippen molar-refractivity contribution in [1.29, 1.82) is 0 Å². The fraction of sp³-hybridized carbons (Fsp3) is 0.400. The Balaban J connectivity index is 0.00000225. The number of hydrogen-bond donors (Lipinski definition) is 1. The van der Waals surface area contributed by atoms with Crippen LogP contribution in [0.4, 0.5) is 0 Å². The van der Waals surface area contributed by atoms with Crippen molar-refractivity contribution in [3.63, 3.8) is 0 Å². The number of benzene rings is 2. The number of halogens is 1. The summed E-state index contributed by atoms with van der Waals surface area (Å²) in [7, 11) is 0. The molecule has 0 radical (unpaired) electrons. The van der Waals surface area contributed by atoms with Gasteiger partial charge in [0.15, 0.2) is 11.5 Å². The van der Waals surface area contributed by atoms with Crippen LogP contribution in [0.15, 0.2) is 42.5 Å². The van der Waals surface area contributed by atoms with Gasteiger partial charge in [-0.2, -0.15) is 0 Å². The van der Waals surface area contributed by atoms with E-state index in [9.17, 15) is 0 Å². The predicted molar refractivity (Wildman–Crippen MR) is 94.8 cm³/mol. The number of ether oxygens (including phenoxy) is 3. The zero-order valence-electron chi connectivity index (χ0n) is 15.0. The highest BCUT2D eigenvalue weighted by Gasteiger charge is 2.12. The summed E-state index contributed by atoms with van der Waals surface area (Å²) in [6, 6.07) is 14.1. The normalized spacial score (nSPS) is 13.1. The molecule has 1 heterocycles. The maximum Gasteiger partial charge on any atom is 0.161 e. The first-order valence-electron chi connectivity index (χ1n) is 8.35. The standard InChI is InChI=1S/C20H25NO3.ClH/c1-20(2,3)21-13-15-4-7-17(8-5-15)24-14-16-6-9-18-19(12-16)23-11-10-22-18;/h4-9,12,21H,10-11,13-14H2,1-3H3;1H/p-1. The lowest BCUT2D eigenvalue weighted by molar-refractivity contribution is -0.00000658. The third-order valence-corrected chi connectivity index (χ3v) is 3.76. The highest BCUT2D eigenvalue weighted by atomic mass is 35.5. The largest absolute Gasteiger partial charge is 1.00 e. The van der Waals surface area contributed by atoms with E-state index in [1.807, 2.05) is 30.3 Å². The number of hydrogen-bond acceptors (Lipinski definition) is 4. The molecule has 4 nitrogen and oxygen atoms in total. The van der Waals surface area contributed by atoms with Crippen molar-refractivity contribution in [2.45, 2.75) is 39.5 Å². The molecule has 0 atom stereocenters. The van der Waals surface area contributed by atoms with Crippen molar-refractivity contribution in [2.75, 3.05) is 13.2 Å². The van der Waals surface area contributed by atoms with Gasteiger partial charge in [-0.05, 0) is 56.2 Å². The van der Waals surface area contributed by atoms with Gasteiger partial charge in [0.25, 0.3) is 0 Å². The molecule has 3 rings (SSSR count). The van der Waals surface area contributed by atoms with E-state index in [1.54, 1.807) is 0 Å². The molecule has 136 valence electrons. The van der Waals surface area contributed by atoms with Crippen LogP contribution in [0.1, 0.15) is 31.9 Å². The van der Waals surface area contributed by atoms with Gasteiger partial charge in [-0.3, -0.25) is 0 Å². The van der Waals surface area contributed by atoms with E-state index in [0.29, 0.717) is 19.8 Å². The van der Waals surface area contributed by atoms with E-state index in [0.717, 1.165) is 29.4 Å². The predicted octanol–water partition coefficient (Wildman–Crippen LogP) is 0.929. The number of rotatable bonds is 5. The van der Waals surface area contributed by atoms with Gasteiger partial charge in [0.2, 0.25) is 0 Å².